The summed E-state index contributed by atoms with van der Waals surface area (Å²) in [4.78, 5) is 12.2. The molecule has 2 fully saturated rings. The van der Waals surface area contributed by atoms with Crippen LogP contribution in [-0.4, -0.2) is 18.0 Å². The zero-order chi connectivity index (χ0) is 13.4. The maximum absolute atomic E-state index is 12.2. The predicted molar refractivity (Wildman–Crippen MR) is 83.0 cm³/mol. The van der Waals surface area contributed by atoms with Crippen molar-refractivity contribution in [2.45, 2.75) is 44.2 Å². The molecule has 3 N–H and O–H groups in total. The molecule has 2 saturated carbocycles. The quantitative estimate of drug-likeness (QED) is 0.848. The number of amides is 1. The number of hydrogen-bond acceptors (Lipinski definition) is 3. The van der Waals surface area contributed by atoms with Crippen LogP contribution in [0.2, 0.25) is 0 Å². The van der Waals surface area contributed by atoms with Gasteiger partial charge in [0.1, 0.15) is 0 Å². The molecule has 0 spiro atoms. The SMILES string of the molecule is Cl.NC1CC2CCCC(C1)C2NC(=O)c1occc1Br. The van der Waals surface area contributed by atoms with Crippen LogP contribution in [0.5, 0.6) is 0 Å². The summed E-state index contributed by atoms with van der Waals surface area (Å²) in [5.41, 5.74) is 6.10. The Balaban J connectivity index is 0.00000147. The van der Waals surface area contributed by atoms with Crippen LogP contribution in [0.25, 0.3) is 0 Å². The molecule has 0 radical (unpaired) electrons. The fourth-order valence-electron chi connectivity index (χ4n) is 3.70. The van der Waals surface area contributed by atoms with Crippen molar-refractivity contribution in [2.75, 3.05) is 0 Å². The second-order valence-electron chi connectivity index (χ2n) is 5.78. The minimum Gasteiger partial charge on any atom is -0.458 e. The van der Waals surface area contributed by atoms with Crippen LogP contribution in [0.3, 0.4) is 0 Å². The van der Waals surface area contributed by atoms with E-state index in [0.717, 1.165) is 12.8 Å². The number of carbonyl (C=O) groups is 1. The Morgan fingerprint density at radius 3 is 2.55 bits per heavy atom. The van der Waals surface area contributed by atoms with E-state index >= 15 is 0 Å². The minimum atomic E-state index is -0.116. The monoisotopic (exact) mass is 362 g/mol. The van der Waals surface area contributed by atoms with E-state index in [1.807, 2.05) is 0 Å². The summed E-state index contributed by atoms with van der Waals surface area (Å²) in [6.07, 6.45) is 7.19. The molecule has 4 nitrogen and oxygen atoms in total. The number of hydrogen-bond donors (Lipinski definition) is 2. The lowest BCUT2D eigenvalue weighted by Gasteiger charge is -2.45. The highest BCUT2D eigenvalue weighted by Gasteiger charge is 2.40. The van der Waals surface area contributed by atoms with Gasteiger partial charge in [0, 0.05) is 12.1 Å². The Bertz CT molecular complexity index is 465. The Labute approximate surface area is 133 Å². The van der Waals surface area contributed by atoms with E-state index in [0.29, 0.717) is 28.1 Å². The summed E-state index contributed by atoms with van der Waals surface area (Å²) in [7, 11) is 0. The molecule has 1 amide bonds. The second-order valence-corrected chi connectivity index (χ2v) is 6.63. The summed E-state index contributed by atoms with van der Waals surface area (Å²) in [6, 6.07) is 2.31. The van der Waals surface area contributed by atoms with Crippen LogP contribution in [0.4, 0.5) is 0 Å². The van der Waals surface area contributed by atoms with Crippen molar-refractivity contribution in [3.05, 3.63) is 22.6 Å². The number of furan rings is 1. The van der Waals surface area contributed by atoms with E-state index in [-0.39, 0.29) is 24.4 Å². The summed E-state index contributed by atoms with van der Waals surface area (Å²) >= 11 is 3.33. The molecule has 2 unspecified atom stereocenters. The van der Waals surface area contributed by atoms with Gasteiger partial charge in [-0.25, -0.2) is 0 Å². The molecule has 2 aliphatic carbocycles. The number of nitrogens with one attached hydrogen (secondary N) is 1. The van der Waals surface area contributed by atoms with E-state index in [2.05, 4.69) is 21.2 Å². The van der Waals surface area contributed by atoms with Crippen LogP contribution < -0.4 is 11.1 Å². The average Bonchev–Trinajstić information content (AvgIpc) is 2.76. The number of fused-ring (bicyclic) bond motifs is 2. The molecule has 2 aliphatic rings. The molecule has 6 heteroatoms. The molecule has 2 bridgehead atoms. The molecule has 1 heterocycles. The number of carbonyl (C=O) groups excluding carboxylic acids is 1. The number of rotatable bonds is 2. The summed E-state index contributed by atoms with van der Waals surface area (Å²) < 4.78 is 5.94. The first kappa shape index (κ1) is 15.9. The molecule has 112 valence electrons. The average molecular weight is 364 g/mol. The lowest BCUT2D eigenvalue weighted by molar-refractivity contribution is 0.0731. The van der Waals surface area contributed by atoms with Crippen molar-refractivity contribution in [1.82, 2.24) is 5.32 Å². The van der Waals surface area contributed by atoms with E-state index in [4.69, 9.17) is 10.2 Å². The fraction of sp³-hybridized carbons (Fsp3) is 0.643. The molecular formula is C14H20BrClN2O2. The molecular weight excluding hydrogens is 344 g/mol. The standard InChI is InChI=1S/C14H19BrN2O2.ClH/c15-11-4-5-19-13(11)14(18)17-12-8-2-1-3-9(12)7-10(16)6-8;/h4-5,8-10,12H,1-3,6-7,16H2,(H,17,18);1H. The van der Waals surface area contributed by atoms with Crippen molar-refractivity contribution >= 4 is 34.2 Å². The Morgan fingerprint density at radius 2 is 2.00 bits per heavy atom. The van der Waals surface area contributed by atoms with Crippen LogP contribution in [0.1, 0.15) is 42.7 Å². The van der Waals surface area contributed by atoms with Gasteiger partial charge in [-0.2, -0.15) is 0 Å². The first-order valence-electron chi connectivity index (χ1n) is 6.94. The first-order chi connectivity index (χ1) is 9.15. The fourth-order valence-corrected chi connectivity index (χ4v) is 4.08. The largest absolute Gasteiger partial charge is 0.458 e. The molecule has 2 atom stereocenters. The van der Waals surface area contributed by atoms with E-state index in [9.17, 15) is 4.79 Å². The van der Waals surface area contributed by atoms with Gasteiger partial charge in [0.05, 0.1) is 10.7 Å². The summed E-state index contributed by atoms with van der Waals surface area (Å²) in [5, 5.41) is 3.17. The van der Waals surface area contributed by atoms with Gasteiger partial charge in [-0.15, -0.1) is 12.4 Å². The maximum Gasteiger partial charge on any atom is 0.288 e. The van der Waals surface area contributed by atoms with E-state index in [1.165, 1.54) is 25.5 Å². The van der Waals surface area contributed by atoms with Gasteiger partial charge in [-0.05, 0) is 59.5 Å². The third-order valence-electron chi connectivity index (χ3n) is 4.50. The predicted octanol–water partition coefficient (Wildman–Crippen LogP) is 3.10. The molecule has 20 heavy (non-hydrogen) atoms. The van der Waals surface area contributed by atoms with Gasteiger partial charge in [-0.1, -0.05) is 6.42 Å². The smallest absolute Gasteiger partial charge is 0.288 e. The molecule has 0 aliphatic heterocycles. The minimum absolute atomic E-state index is 0. The third-order valence-corrected chi connectivity index (χ3v) is 5.12. The first-order valence-corrected chi connectivity index (χ1v) is 7.74. The molecule has 0 saturated heterocycles. The summed E-state index contributed by atoms with van der Waals surface area (Å²) in [6.45, 7) is 0. The molecule has 0 aromatic carbocycles. The van der Waals surface area contributed by atoms with Gasteiger partial charge >= 0.3 is 0 Å². The van der Waals surface area contributed by atoms with Crippen molar-refractivity contribution in [3.63, 3.8) is 0 Å². The Kier molecular flexibility index (Phi) is 5.15. The van der Waals surface area contributed by atoms with Gasteiger partial charge in [0.25, 0.3) is 5.91 Å². The Morgan fingerprint density at radius 1 is 1.35 bits per heavy atom. The highest BCUT2D eigenvalue weighted by Crippen LogP contribution is 2.39. The summed E-state index contributed by atoms with van der Waals surface area (Å²) in [5.74, 6) is 1.31. The third kappa shape index (κ3) is 3.05. The van der Waals surface area contributed by atoms with Gasteiger partial charge in [0.15, 0.2) is 0 Å². The van der Waals surface area contributed by atoms with Gasteiger partial charge < -0.3 is 15.5 Å². The number of nitrogens with two attached hydrogens (primary N) is 1. The molecule has 1 aromatic rings. The normalized spacial score (nSPS) is 32.3. The van der Waals surface area contributed by atoms with Gasteiger partial charge in [0.2, 0.25) is 5.76 Å². The Hall–Kier alpha value is -0.520. The van der Waals surface area contributed by atoms with Crippen molar-refractivity contribution in [1.29, 1.82) is 0 Å². The second kappa shape index (κ2) is 6.50. The molecule has 1 aromatic heterocycles. The number of halogens is 2. The van der Waals surface area contributed by atoms with Crippen LogP contribution >= 0.6 is 28.3 Å². The molecule has 3 rings (SSSR count). The van der Waals surface area contributed by atoms with Crippen molar-refractivity contribution in [3.8, 4) is 0 Å². The topological polar surface area (TPSA) is 68.3 Å². The van der Waals surface area contributed by atoms with E-state index in [1.54, 1.807) is 6.07 Å². The highest BCUT2D eigenvalue weighted by molar-refractivity contribution is 9.10. The maximum atomic E-state index is 12.2. The van der Waals surface area contributed by atoms with Crippen molar-refractivity contribution in [2.24, 2.45) is 17.6 Å². The van der Waals surface area contributed by atoms with Crippen molar-refractivity contribution < 1.29 is 9.21 Å². The zero-order valence-electron chi connectivity index (χ0n) is 11.2. The van der Waals surface area contributed by atoms with Gasteiger partial charge in [-0.3, -0.25) is 4.79 Å². The lowest BCUT2D eigenvalue weighted by atomic mass is 9.67. The van der Waals surface area contributed by atoms with Crippen LogP contribution in [-0.2, 0) is 0 Å². The lowest BCUT2D eigenvalue weighted by Crippen LogP contribution is -2.53. The highest BCUT2D eigenvalue weighted by atomic mass is 79.9. The van der Waals surface area contributed by atoms with Crippen LogP contribution in [0.15, 0.2) is 21.2 Å². The van der Waals surface area contributed by atoms with Crippen LogP contribution in [0, 0.1) is 11.8 Å². The zero-order valence-corrected chi connectivity index (χ0v) is 13.6. The van der Waals surface area contributed by atoms with E-state index < -0.39 is 0 Å².